The molecule has 0 unspecified atom stereocenters. The van der Waals surface area contributed by atoms with E-state index in [9.17, 15) is 9.18 Å². The minimum Gasteiger partial charge on any atom is -0.422 e. The van der Waals surface area contributed by atoms with Crippen LogP contribution in [-0.4, -0.2) is 35.6 Å². The van der Waals surface area contributed by atoms with Gasteiger partial charge >= 0.3 is 5.63 Å². The SMILES string of the molecule is Cc1ccc2nc(-c3cc4c(F)cc(N5CCNCC5)cc4oc3=O)cn2c1. The van der Waals surface area contributed by atoms with Crippen LogP contribution in [0.4, 0.5) is 10.1 Å². The number of aryl methyl sites for hydroxylation is 1. The van der Waals surface area contributed by atoms with E-state index in [1.165, 1.54) is 12.1 Å². The van der Waals surface area contributed by atoms with Gasteiger partial charge in [0.05, 0.1) is 16.6 Å². The number of piperazine rings is 1. The number of nitrogens with zero attached hydrogens (tertiary/aromatic N) is 3. The number of hydrogen-bond donors (Lipinski definition) is 1. The van der Waals surface area contributed by atoms with Gasteiger partial charge in [-0.1, -0.05) is 6.07 Å². The second kappa shape index (κ2) is 6.45. The van der Waals surface area contributed by atoms with Crippen LogP contribution in [-0.2, 0) is 0 Å². The van der Waals surface area contributed by atoms with E-state index >= 15 is 0 Å². The van der Waals surface area contributed by atoms with E-state index in [2.05, 4.69) is 15.2 Å². The molecule has 1 saturated heterocycles. The molecule has 0 aliphatic carbocycles. The summed E-state index contributed by atoms with van der Waals surface area (Å²) < 4.78 is 22.2. The Hall–Kier alpha value is -3.19. The topological polar surface area (TPSA) is 62.8 Å². The number of aromatic nitrogens is 2. The van der Waals surface area contributed by atoms with Gasteiger partial charge < -0.3 is 19.0 Å². The fourth-order valence-electron chi connectivity index (χ4n) is 3.68. The van der Waals surface area contributed by atoms with Crippen molar-refractivity contribution in [2.24, 2.45) is 0 Å². The van der Waals surface area contributed by atoms with Crippen molar-refractivity contribution >= 4 is 22.3 Å². The van der Waals surface area contributed by atoms with E-state index in [0.29, 0.717) is 5.69 Å². The second-order valence-electron chi connectivity index (χ2n) is 7.12. The maximum atomic E-state index is 14.9. The third-order valence-corrected chi connectivity index (χ3v) is 5.14. The molecule has 0 radical (unpaired) electrons. The predicted octanol–water partition coefficient (Wildman–Crippen LogP) is 2.96. The number of imidazole rings is 1. The molecule has 142 valence electrons. The molecule has 1 aromatic carbocycles. The fraction of sp³-hybridized carbons (Fsp3) is 0.238. The van der Waals surface area contributed by atoms with E-state index in [-0.39, 0.29) is 16.5 Å². The summed E-state index contributed by atoms with van der Waals surface area (Å²) in [5.41, 5.74) is 2.97. The molecule has 7 heteroatoms. The molecule has 1 aliphatic rings. The van der Waals surface area contributed by atoms with Crippen LogP contribution in [0.5, 0.6) is 0 Å². The monoisotopic (exact) mass is 378 g/mol. The number of pyridine rings is 1. The minimum atomic E-state index is -0.524. The summed E-state index contributed by atoms with van der Waals surface area (Å²) in [5.74, 6) is -0.407. The normalized spacial score (nSPS) is 14.9. The Labute approximate surface area is 160 Å². The van der Waals surface area contributed by atoms with Gasteiger partial charge in [0.1, 0.15) is 17.0 Å². The highest BCUT2D eigenvalue weighted by Crippen LogP contribution is 2.28. The average molecular weight is 378 g/mol. The van der Waals surface area contributed by atoms with E-state index in [4.69, 9.17) is 4.42 Å². The molecule has 0 amide bonds. The molecule has 28 heavy (non-hydrogen) atoms. The van der Waals surface area contributed by atoms with Crippen LogP contribution in [0.3, 0.4) is 0 Å². The quantitative estimate of drug-likeness (QED) is 0.544. The van der Waals surface area contributed by atoms with Crippen LogP contribution < -0.4 is 15.8 Å². The van der Waals surface area contributed by atoms with Crippen LogP contribution in [0.2, 0.25) is 0 Å². The van der Waals surface area contributed by atoms with Crippen LogP contribution in [0.25, 0.3) is 27.9 Å². The lowest BCUT2D eigenvalue weighted by Crippen LogP contribution is -2.43. The first-order valence-electron chi connectivity index (χ1n) is 9.27. The Bertz CT molecular complexity index is 1250. The van der Waals surface area contributed by atoms with Crippen molar-refractivity contribution in [2.45, 2.75) is 6.92 Å². The molecule has 1 aliphatic heterocycles. The standard InChI is InChI=1S/C21H19FN4O2/c1-13-2-3-20-24-18(12-26(20)11-13)16-10-15-17(22)8-14(9-19(15)28-21(16)27)25-6-4-23-5-7-25/h2-3,8-12,23H,4-7H2,1H3. The first kappa shape index (κ1) is 16.9. The van der Waals surface area contributed by atoms with Crippen molar-refractivity contribution in [3.8, 4) is 11.3 Å². The molecular weight excluding hydrogens is 359 g/mol. The van der Waals surface area contributed by atoms with Crippen molar-refractivity contribution in [1.29, 1.82) is 0 Å². The van der Waals surface area contributed by atoms with Crippen molar-refractivity contribution in [2.75, 3.05) is 31.1 Å². The lowest BCUT2D eigenvalue weighted by molar-refractivity contribution is 0.555. The predicted molar refractivity (Wildman–Crippen MR) is 106 cm³/mol. The van der Waals surface area contributed by atoms with E-state index < -0.39 is 11.4 Å². The van der Waals surface area contributed by atoms with Crippen molar-refractivity contribution in [1.82, 2.24) is 14.7 Å². The van der Waals surface area contributed by atoms with E-state index in [1.807, 2.05) is 29.7 Å². The molecular formula is C21H19FN4O2. The lowest BCUT2D eigenvalue weighted by Gasteiger charge is -2.29. The average Bonchev–Trinajstić information content (AvgIpc) is 3.11. The first-order valence-corrected chi connectivity index (χ1v) is 9.27. The van der Waals surface area contributed by atoms with Gasteiger partial charge in [-0.15, -0.1) is 0 Å². The largest absolute Gasteiger partial charge is 0.422 e. The summed E-state index contributed by atoms with van der Waals surface area (Å²) >= 11 is 0. The van der Waals surface area contributed by atoms with Crippen LogP contribution in [0, 0.1) is 12.7 Å². The smallest absolute Gasteiger partial charge is 0.345 e. The number of benzene rings is 1. The Morgan fingerprint density at radius 2 is 1.96 bits per heavy atom. The molecule has 0 saturated carbocycles. The highest BCUT2D eigenvalue weighted by atomic mass is 19.1. The summed E-state index contributed by atoms with van der Waals surface area (Å²) in [7, 11) is 0. The summed E-state index contributed by atoms with van der Waals surface area (Å²) in [6.07, 6.45) is 3.68. The molecule has 0 atom stereocenters. The van der Waals surface area contributed by atoms with E-state index in [0.717, 1.165) is 43.1 Å². The van der Waals surface area contributed by atoms with Gasteiger partial charge in [-0.3, -0.25) is 0 Å². The number of hydrogen-bond acceptors (Lipinski definition) is 5. The molecule has 4 aromatic rings. The number of fused-ring (bicyclic) bond motifs is 2. The minimum absolute atomic E-state index is 0.252. The van der Waals surface area contributed by atoms with Gasteiger partial charge in [-0.2, -0.15) is 0 Å². The summed E-state index contributed by atoms with van der Waals surface area (Å²) in [4.78, 5) is 19.2. The summed E-state index contributed by atoms with van der Waals surface area (Å²) in [6, 6.07) is 8.60. The van der Waals surface area contributed by atoms with Crippen molar-refractivity contribution in [3.63, 3.8) is 0 Å². The molecule has 6 nitrogen and oxygen atoms in total. The van der Waals surface area contributed by atoms with Gasteiger partial charge in [0.2, 0.25) is 0 Å². The van der Waals surface area contributed by atoms with Crippen molar-refractivity contribution in [3.05, 3.63) is 64.5 Å². The Balaban J connectivity index is 1.63. The zero-order valence-corrected chi connectivity index (χ0v) is 15.4. The zero-order valence-electron chi connectivity index (χ0n) is 15.4. The lowest BCUT2D eigenvalue weighted by atomic mass is 10.1. The van der Waals surface area contributed by atoms with Gasteiger partial charge in [0, 0.05) is 50.3 Å². The van der Waals surface area contributed by atoms with Gasteiger partial charge in [-0.05, 0) is 30.7 Å². The zero-order chi connectivity index (χ0) is 19.3. The fourth-order valence-corrected chi connectivity index (χ4v) is 3.68. The number of nitrogens with one attached hydrogen (secondary N) is 1. The highest BCUT2D eigenvalue weighted by molar-refractivity contribution is 5.85. The Kier molecular flexibility index (Phi) is 3.91. The molecule has 3 aromatic heterocycles. The van der Waals surface area contributed by atoms with Crippen LogP contribution in [0.1, 0.15) is 5.56 Å². The first-order chi connectivity index (χ1) is 13.6. The second-order valence-corrected chi connectivity index (χ2v) is 7.12. The Morgan fingerprint density at radius 3 is 2.79 bits per heavy atom. The van der Waals surface area contributed by atoms with Crippen molar-refractivity contribution < 1.29 is 8.81 Å². The number of rotatable bonds is 2. The number of halogens is 1. The Morgan fingerprint density at radius 1 is 1.14 bits per heavy atom. The molecule has 0 spiro atoms. The maximum absolute atomic E-state index is 14.9. The molecule has 1 fully saturated rings. The van der Waals surface area contributed by atoms with E-state index in [1.54, 1.807) is 12.3 Å². The molecule has 5 rings (SSSR count). The summed E-state index contributed by atoms with van der Waals surface area (Å²) in [5, 5.41) is 3.55. The van der Waals surface area contributed by atoms with Crippen LogP contribution >= 0.6 is 0 Å². The number of anilines is 1. The summed E-state index contributed by atoms with van der Waals surface area (Å²) in [6.45, 7) is 5.24. The van der Waals surface area contributed by atoms with Gasteiger partial charge in [0.25, 0.3) is 0 Å². The highest BCUT2D eigenvalue weighted by Gasteiger charge is 2.17. The molecule has 1 N–H and O–H groups in total. The van der Waals surface area contributed by atoms with Gasteiger partial charge in [-0.25, -0.2) is 14.2 Å². The molecule has 0 bridgehead atoms. The maximum Gasteiger partial charge on any atom is 0.345 e. The third-order valence-electron chi connectivity index (χ3n) is 5.14. The molecule has 4 heterocycles. The van der Waals surface area contributed by atoms with Crippen LogP contribution in [0.15, 0.2) is 51.9 Å². The van der Waals surface area contributed by atoms with Gasteiger partial charge in [0.15, 0.2) is 0 Å². The third kappa shape index (κ3) is 2.84.